The summed E-state index contributed by atoms with van der Waals surface area (Å²) in [6.07, 6.45) is 1.88. The van der Waals surface area contributed by atoms with Gasteiger partial charge in [-0.25, -0.2) is 0 Å². The highest BCUT2D eigenvalue weighted by atomic mass is 35.5. The first kappa shape index (κ1) is 15.0. The van der Waals surface area contributed by atoms with Crippen LogP contribution in [0.4, 0.5) is 0 Å². The molecule has 1 amide bonds. The maximum atomic E-state index is 12.0. The van der Waals surface area contributed by atoms with Gasteiger partial charge < -0.3 is 9.30 Å². The fourth-order valence-corrected chi connectivity index (χ4v) is 3.96. The fourth-order valence-electron chi connectivity index (χ4n) is 2.12. The molecule has 2 aromatic rings. The summed E-state index contributed by atoms with van der Waals surface area (Å²) in [6.45, 7) is 1.12. The van der Waals surface area contributed by atoms with Crippen LogP contribution in [-0.4, -0.2) is 24.2 Å². The Morgan fingerprint density at radius 2 is 2.24 bits per heavy atom. The summed E-state index contributed by atoms with van der Waals surface area (Å²) in [6, 6.07) is 3.55. The predicted octanol–water partition coefficient (Wildman–Crippen LogP) is 3.49. The highest BCUT2D eigenvalue weighted by Crippen LogP contribution is 2.31. The van der Waals surface area contributed by atoms with Gasteiger partial charge in [0, 0.05) is 24.6 Å². The number of carbonyl (C=O) groups excluding carboxylic acids is 1. The van der Waals surface area contributed by atoms with Gasteiger partial charge >= 0.3 is 0 Å². The third-order valence-electron chi connectivity index (χ3n) is 3.35. The highest BCUT2D eigenvalue weighted by molar-refractivity contribution is 7.16. The summed E-state index contributed by atoms with van der Waals surface area (Å²) < 4.78 is 7.99. The lowest BCUT2D eigenvalue weighted by atomic mass is 10.3. The monoisotopic (exact) mass is 344 g/mol. The number of amides is 1. The van der Waals surface area contributed by atoms with Crippen LogP contribution in [0.3, 0.4) is 0 Å². The molecule has 1 heterocycles. The van der Waals surface area contributed by atoms with Gasteiger partial charge in [0.15, 0.2) is 4.80 Å². The van der Waals surface area contributed by atoms with Crippen LogP contribution in [0.2, 0.25) is 10.0 Å². The summed E-state index contributed by atoms with van der Waals surface area (Å²) >= 11 is 13.8. The van der Waals surface area contributed by atoms with Gasteiger partial charge in [-0.1, -0.05) is 34.5 Å². The van der Waals surface area contributed by atoms with Gasteiger partial charge in [-0.3, -0.25) is 4.79 Å². The van der Waals surface area contributed by atoms with Gasteiger partial charge in [-0.2, -0.15) is 4.99 Å². The number of halogens is 2. The van der Waals surface area contributed by atoms with Crippen molar-refractivity contribution < 1.29 is 9.53 Å². The molecular formula is C14H14Cl2N2O2S. The molecule has 1 saturated carbocycles. The summed E-state index contributed by atoms with van der Waals surface area (Å²) in [4.78, 5) is 16.9. The maximum Gasteiger partial charge on any atom is 0.251 e. The average molecular weight is 345 g/mol. The topological polar surface area (TPSA) is 43.6 Å². The Morgan fingerprint density at radius 1 is 1.48 bits per heavy atom. The third kappa shape index (κ3) is 3.16. The van der Waals surface area contributed by atoms with E-state index in [0.717, 1.165) is 23.1 Å². The lowest BCUT2D eigenvalue weighted by molar-refractivity contribution is -0.119. The second kappa shape index (κ2) is 6.08. The van der Waals surface area contributed by atoms with E-state index in [-0.39, 0.29) is 11.8 Å². The SMILES string of the molecule is COCCn1c(=NC(=O)C2CC2)sc2cc(Cl)cc(Cl)c21. The molecule has 0 spiro atoms. The van der Waals surface area contributed by atoms with Crippen molar-refractivity contribution in [2.24, 2.45) is 10.9 Å². The first-order valence-electron chi connectivity index (χ1n) is 6.66. The molecule has 4 nitrogen and oxygen atoms in total. The molecular weight excluding hydrogens is 331 g/mol. The Morgan fingerprint density at radius 3 is 2.90 bits per heavy atom. The smallest absolute Gasteiger partial charge is 0.251 e. The number of rotatable bonds is 4. The zero-order valence-electron chi connectivity index (χ0n) is 11.4. The van der Waals surface area contributed by atoms with Crippen molar-refractivity contribution in [1.29, 1.82) is 0 Å². The number of thiazole rings is 1. The molecule has 0 radical (unpaired) electrons. The second-order valence-electron chi connectivity index (χ2n) is 4.99. The number of aromatic nitrogens is 1. The van der Waals surface area contributed by atoms with E-state index in [4.69, 9.17) is 27.9 Å². The first-order chi connectivity index (χ1) is 10.1. The Labute approximate surface area is 136 Å². The van der Waals surface area contributed by atoms with Gasteiger partial charge in [0.2, 0.25) is 0 Å². The van der Waals surface area contributed by atoms with E-state index in [9.17, 15) is 4.79 Å². The molecule has 1 aromatic carbocycles. The van der Waals surface area contributed by atoms with E-state index in [1.54, 1.807) is 13.2 Å². The second-order valence-corrected chi connectivity index (χ2v) is 6.84. The summed E-state index contributed by atoms with van der Waals surface area (Å²) in [5.41, 5.74) is 0.852. The number of hydrogen-bond donors (Lipinski definition) is 0. The average Bonchev–Trinajstić information content (AvgIpc) is 3.20. The number of benzene rings is 1. The minimum Gasteiger partial charge on any atom is -0.383 e. The number of ether oxygens (including phenoxy) is 1. The van der Waals surface area contributed by atoms with Gasteiger partial charge in [0.25, 0.3) is 5.91 Å². The van der Waals surface area contributed by atoms with Crippen molar-refractivity contribution in [3.05, 3.63) is 27.0 Å². The zero-order chi connectivity index (χ0) is 15.0. The van der Waals surface area contributed by atoms with E-state index in [2.05, 4.69) is 4.99 Å². The molecule has 0 bridgehead atoms. The van der Waals surface area contributed by atoms with E-state index in [0.29, 0.717) is 28.0 Å². The molecule has 1 aliphatic rings. The summed E-state index contributed by atoms with van der Waals surface area (Å²) in [5, 5.41) is 1.14. The largest absolute Gasteiger partial charge is 0.383 e. The van der Waals surface area contributed by atoms with Crippen molar-refractivity contribution in [3.8, 4) is 0 Å². The molecule has 21 heavy (non-hydrogen) atoms. The minimum absolute atomic E-state index is 0.0463. The number of methoxy groups -OCH3 is 1. The van der Waals surface area contributed by atoms with Gasteiger partial charge in [0.1, 0.15) is 0 Å². The molecule has 0 aliphatic heterocycles. The molecule has 3 rings (SSSR count). The van der Waals surface area contributed by atoms with Crippen LogP contribution < -0.4 is 4.80 Å². The lowest BCUT2D eigenvalue weighted by Gasteiger charge is -2.05. The van der Waals surface area contributed by atoms with Crippen LogP contribution in [0.25, 0.3) is 10.2 Å². The lowest BCUT2D eigenvalue weighted by Crippen LogP contribution is -2.19. The normalized spacial score (nSPS) is 15.9. The Kier molecular flexibility index (Phi) is 4.36. The van der Waals surface area contributed by atoms with Crippen LogP contribution in [0.1, 0.15) is 12.8 Å². The summed E-state index contributed by atoms with van der Waals surface area (Å²) in [5.74, 6) is 0.0556. The van der Waals surface area contributed by atoms with Crippen molar-refractivity contribution in [2.45, 2.75) is 19.4 Å². The number of carbonyl (C=O) groups is 1. The quantitative estimate of drug-likeness (QED) is 0.851. The predicted molar refractivity (Wildman–Crippen MR) is 85.0 cm³/mol. The standard InChI is InChI=1S/C14H14Cl2N2O2S/c1-20-5-4-18-12-10(16)6-9(15)7-11(12)21-14(18)17-13(19)8-2-3-8/h6-8H,2-5H2,1H3. The molecule has 1 aliphatic carbocycles. The highest BCUT2D eigenvalue weighted by Gasteiger charge is 2.29. The molecule has 7 heteroatoms. The Hall–Kier alpha value is -0.880. The van der Waals surface area contributed by atoms with Gasteiger partial charge in [0.05, 0.1) is 21.8 Å². The zero-order valence-corrected chi connectivity index (χ0v) is 13.8. The van der Waals surface area contributed by atoms with E-state index in [1.807, 2.05) is 10.6 Å². The van der Waals surface area contributed by atoms with Crippen molar-refractivity contribution in [3.63, 3.8) is 0 Å². The van der Waals surface area contributed by atoms with Crippen molar-refractivity contribution in [2.75, 3.05) is 13.7 Å². The number of fused-ring (bicyclic) bond motifs is 1. The first-order valence-corrected chi connectivity index (χ1v) is 8.23. The Balaban J connectivity index is 2.17. The third-order valence-corrected chi connectivity index (χ3v) is 4.88. The molecule has 1 aromatic heterocycles. The maximum absolute atomic E-state index is 12.0. The van der Waals surface area contributed by atoms with Crippen LogP contribution in [-0.2, 0) is 16.1 Å². The van der Waals surface area contributed by atoms with Crippen LogP contribution in [0.5, 0.6) is 0 Å². The van der Waals surface area contributed by atoms with E-state index in [1.165, 1.54) is 11.3 Å². The summed E-state index contributed by atoms with van der Waals surface area (Å²) in [7, 11) is 1.64. The van der Waals surface area contributed by atoms with Crippen molar-refractivity contribution in [1.82, 2.24) is 4.57 Å². The van der Waals surface area contributed by atoms with E-state index >= 15 is 0 Å². The molecule has 0 saturated heterocycles. The van der Waals surface area contributed by atoms with Crippen LogP contribution >= 0.6 is 34.5 Å². The molecule has 0 atom stereocenters. The van der Waals surface area contributed by atoms with Crippen LogP contribution in [0, 0.1) is 5.92 Å². The minimum atomic E-state index is -0.0463. The van der Waals surface area contributed by atoms with Crippen molar-refractivity contribution >= 4 is 50.7 Å². The molecule has 112 valence electrons. The molecule has 1 fully saturated rings. The molecule has 0 unspecified atom stereocenters. The molecule has 0 N–H and O–H groups in total. The Bertz CT molecular complexity index is 762. The number of nitrogens with zero attached hydrogens (tertiary/aromatic N) is 2. The van der Waals surface area contributed by atoms with Gasteiger partial charge in [-0.15, -0.1) is 0 Å². The van der Waals surface area contributed by atoms with E-state index < -0.39 is 0 Å². The van der Waals surface area contributed by atoms with Crippen LogP contribution in [0.15, 0.2) is 17.1 Å². The fraction of sp³-hybridized carbons (Fsp3) is 0.429. The van der Waals surface area contributed by atoms with Gasteiger partial charge in [-0.05, 0) is 25.0 Å². The number of hydrogen-bond acceptors (Lipinski definition) is 3.